The molecule has 1 aromatic rings. The highest BCUT2D eigenvalue weighted by Gasteiger charge is 2.38. The summed E-state index contributed by atoms with van der Waals surface area (Å²) in [5, 5.41) is 10.4. The third kappa shape index (κ3) is 4.74. The molecule has 1 aliphatic rings. The van der Waals surface area contributed by atoms with E-state index in [1.165, 1.54) is 5.57 Å². The number of hydrogen-bond acceptors (Lipinski definition) is 3. The number of carbonyl (C=O) groups is 1. The lowest BCUT2D eigenvalue weighted by Crippen LogP contribution is -2.21. The lowest BCUT2D eigenvalue weighted by molar-refractivity contribution is -0.192. The van der Waals surface area contributed by atoms with Crippen molar-refractivity contribution in [2.24, 2.45) is 7.05 Å². The lowest BCUT2D eigenvalue weighted by Gasteiger charge is -2.13. The van der Waals surface area contributed by atoms with E-state index in [4.69, 9.17) is 9.90 Å². The van der Waals surface area contributed by atoms with Crippen LogP contribution in [-0.2, 0) is 11.8 Å². The first-order valence-electron chi connectivity index (χ1n) is 5.50. The van der Waals surface area contributed by atoms with Crippen LogP contribution in [-0.4, -0.2) is 39.9 Å². The molecule has 2 N–H and O–H groups in total. The lowest BCUT2D eigenvalue weighted by atomic mass is 10.1. The van der Waals surface area contributed by atoms with Gasteiger partial charge in [-0.1, -0.05) is 6.08 Å². The number of carboxylic acids is 1. The second-order valence-corrected chi connectivity index (χ2v) is 3.85. The van der Waals surface area contributed by atoms with Gasteiger partial charge in [0.15, 0.2) is 0 Å². The van der Waals surface area contributed by atoms with Crippen molar-refractivity contribution in [2.45, 2.75) is 12.6 Å². The van der Waals surface area contributed by atoms with E-state index in [0.29, 0.717) is 0 Å². The Labute approximate surface area is 107 Å². The minimum Gasteiger partial charge on any atom is -0.475 e. The summed E-state index contributed by atoms with van der Waals surface area (Å²) < 4.78 is 33.8. The second kappa shape index (κ2) is 6.37. The Kier molecular flexibility index (Phi) is 5.11. The van der Waals surface area contributed by atoms with E-state index < -0.39 is 12.1 Å². The van der Waals surface area contributed by atoms with Gasteiger partial charge in [-0.25, -0.2) is 9.78 Å². The molecule has 0 amide bonds. The summed E-state index contributed by atoms with van der Waals surface area (Å²) in [5.41, 5.74) is 1.36. The van der Waals surface area contributed by atoms with Crippen molar-refractivity contribution in [3.05, 3.63) is 24.3 Å². The van der Waals surface area contributed by atoms with Crippen LogP contribution in [0.1, 0.15) is 12.2 Å². The predicted octanol–water partition coefficient (Wildman–Crippen LogP) is 1.43. The number of rotatable bonds is 1. The number of aliphatic carboxylic acids is 1. The molecule has 1 aromatic heterocycles. The van der Waals surface area contributed by atoms with E-state index in [1.54, 1.807) is 0 Å². The molecule has 0 bridgehead atoms. The Balaban J connectivity index is 0.000000224. The molecule has 0 saturated heterocycles. The normalized spacial score (nSPS) is 15.3. The van der Waals surface area contributed by atoms with E-state index >= 15 is 0 Å². The Morgan fingerprint density at radius 1 is 1.53 bits per heavy atom. The van der Waals surface area contributed by atoms with Crippen LogP contribution in [0.4, 0.5) is 13.2 Å². The topological polar surface area (TPSA) is 67.2 Å². The first-order chi connectivity index (χ1) is 8.82. The zero-order chi connectivity index (χ0) is 14.5. The van der Waals surface area contributed by atoms with Crippen LogP contribution in [0, 0.1) is 0 Å². The van der Waals surface area contributed by atoms with Gasteiger partial charge < -0.3 is 15.0 Å². The molecule has 0 radical (unpaired) electrons. The standard InChI is InChI=1S/C9H13N3.C2HF3O2/c1-12-7-6-11-9(12)8-2-4-10-5-3-8;3-2(4,5)1(6)7/h2,6-7,10H,3-5H2,1H3;(H,6,7). The van der Waals surface area contributed by atoms with Crippen molar-refractivity contribution < 1.29 is 23.1 Å². The van der Waals surface area contributed by atoms with Gasteiger partial charge in [0.05, 0.1) is 0 Å². The van der Waals surface area contributed by atoms with Gasteiger partial charge in [0, 0.05) is 26.0 Å². The molecule has 0 fully saturated rings. The number of alkyl halides is 3. The molecule has 0 aliphatic carbocycles. The third-order valence-corrected chi connectivity index (χ3v) is 2.41. The smallest absolute Gasteiger partial charge is 0.475 e. The molecule has 8 heteroatoms. The molecule has 19 heavy (non-hydrogen) atoms. The molecular weight excluding hydrogens is 263 g/mol. The Hall–Kier alpha value is -1.83. The first-order valence-corrected chi connectivity index (χ1v) is 5.50. The Bertz CT molecular complexity index is 466. The fourth-order valence-electron chi connectivity index (χ4n) is 1.50. The van der Waals surface area contributed by atoms with Crippen molar-refractivity contribution >= 4 is 11.5 Å². The highest BCUT2D eigenvalue weighted by molar-refractivity contribution is 5.73. The van der Waals surface area contributed by atoms with E-state index in [9.17, 15) is 13.2 Å². The van der Waals surface area contributed by atoms with Gasteiger partial charge in [0.1, 0.15) is 5.82 Å². The molecular formula is C11H14F3N3O2. The summed E-state index contributed by atoms with van der Waals surface area (Å²) >= 11 is 0. The number of aryl methyl sites for hydroxylation is 1. The maximum absolute atomic E-state index is 10.6. The number of halogens is 3. The Morgan fingerprint density at radius 2 is 2.16 bits per heavy atom. The van der Waals surface area contributed by atoms with Gasteiger partial charge in [0.25, 0.3) is 0 Å². The minimum absolute atomic E-state index is 0.974. The van der Waals surface area contributed by atoms with Crippen LogP contribution >= 0.6 is 0 Å². The van der Waals surface area contributed by atoms with Crippen LogP contribution in [0.25, 0.3) is 5.57 Å². The average Bonchev–Trinajstić information content (AvgIpc) is 2.76. The first kappa shape index (κ1) is 15.2. The van der Waals surface area contributed by atoms with E-state index in [0.717, 1.165) is 25.3 Å². The van der Waals surface area contributed by atoms with Crippen molar-refractivity contribution in [1.29, 1.82) is 0 Å². The largest absolute Gasteiger partial charge is 0.490 e. The molecule has 1 aliphatic heterocycles. The summed E-state index contributed by atoms with van der Waals surface area (Å²) in [5.74, 6) is -1.65. The highest BCUT2D eigenvalue weighted by atomic mass is 19.4. The molecule has 5 nitrogen and oxygen atoms in total. The quantitative estimate of drug-likeness (QED) is 0.815. The van der Waals surface area contributed by atoms with Gasteiger partial charge in [-0.3, -0.25) is 0 Å². The van der Waals surface area contributed by atoms with E-state index in [2.05, 4.69) is 20.9 Å². The average molecular weight is 277 g/mol. The SMILES string of the molecule is Cn1ccnc1C1=CCNCC1.O=C(O)C(F)(F)F. The molecule has 0 aromatic carbocycles. The summed E-state index contributed by atoms with van der Waals surface area (Å²) in [7, 11) is 2.03. The predicted molar refractivity (Wildman–Crippen MR) is 62.4 cm³/mol. The van der Waals surface area contributed by atoms with Crippen molar-refractivity contribution in [1.82, 2.24) is 14.9 Å². The van der Waals surface area contributed by atoms with Crippen LogP contribution in [0.2, 0.25) is 0 Å². The maximum Gasteiger partial charge on any atom is 0.490 e. The number of imidazole rings is 1. The Morgan fingerprint density at radius 3 is 2.53 bits per heavy atom. The number of carboxylic acid groups (broad SMARTS) is 1. The molecule has 2 rings (SSSR count). The maximum atomic E-state index is 10.6. The number of nitrogens with zero attached hydrogens (tertiary/aromatic N) is 2. The zero-order valence-corrected chi connectivity index (χ0v) is 10.2. The summed E-state index contributed by atoms with van der Waals surface area (Å²) in [4.78, 5) is 13.2. The van der Waals surface area contributed by atoms with Gasteiger partial charge in [-0.2, -0.15) is 13.2 Å². The molecule has 0 atom stereocenters. The van der Waals surface area contributed by atoms with Crippen molar-refractivity contribution in [2.75, 3.05) is 13.1 Å². The number of aromatic nitrogens is 2. The van der Waals surface area contributed by atoms with Crippen LogP contribution in [0.5, 0.6) is 0 Å². The van der Waals surface area contributed by atoms with Gasteiger partial charge in [-0.05, 0) is 18.5 Å². The van der Waals surface area contributed by atoms with Gasteiger partial charge >= 0.3 is 12.1 Å². The molecule has 0 unspecified atom stereocenters. The van der Waals surface area contributed by atoms with Crippen molar-refractivity contribution in [3.63, 3.8) is 0 Å². The number of hydrogen-bond donors (Lipinski definition) is 2. The summed E-state index contributed by atoms with van der Waals surface area (Å²) in [6.45, 7) is 2.04. The zero-order valence-electron chi connectivity index (χ0n) is 10.2. The molecule has 2 heterocycles. The second-order valence-electron chi connectivity index (χ2n) is 3.85. The van der Waals surface area contributed by atoms with Crippen LogP contribution in [0.3, 0.4) is 0 Å². The van der Waals surface area contributed by atoms with Gasteiger partial charge in [-0.15, -0.1) is 0 Å². The third-order valence-electron chi connectivity index (χ3n) is 2.41. The van der Waals surface area contributed by atoms with Gasteiger partial charge in [0.2, 0.25) is 0 Å². The highest BCUT2D eigenvalue weighted by Crippen LogP contribution is 2.16. The van der Waals surface area contributed by atoms with E-state index in [-0.39, 0.29) is 0 Å². The molecule has 106 valence electrons. The minimum atomic E-state index is -5.08. The summed E-state index contributed by atoms with van der Waals surface area (Å²) in [6, 6.07) is 0. The monoisotopic (exact) mass is 277 g/mol. The fourth-order valence-corrected chi connectivity index (χ4v) is 1.50. The number of nitrogens with one attached hydrogen (secondary N) is 1. The molecule has 0 saturated carbocycles. The van der Waals surface area contributed by atoms with Crippen LogP contribution in [0.15, 0.2) is 18.5 Å². The fraction of sp³-hybridized carbons (Fsp3) is 0.455. The van der Waals surface area contributed by atoms with Crippen LogP contribution < -0.4 is 5.32 Å². The summed E-state index contributed by atoms with van der Waals surface area (Å²) in [6.07, 6.45) is 2.05. The molecule has 0 spiro atoms. The van der Waals surface area contributed by atoms with E-state index in [1.807, 2.05) is 19.4 Å². The van der Waals surface area contributed by atoms with Crippen molar-refractivity contribution in [3.8, 4) is 0 Å².